The van der Waals surface area contributed by atoms with Crippen molar-refractivity contribution in [2.75, 3.05) is 84.1 Å². The van der Waals surface area contributed by atoms with Crippen LogP contribution in [0.1, 0.15) is 26.2 Å². The maximum Gasteiger partial charge on any atom is 0.225 e. The van der Waals surface area contributed by atoms with Gasteiger partial charge in [0, 0.05) is 85.1 Å². The number of likely N-dealkylation sites (tertiary alicyclic amines) is 1. The second-order valence-electron chi connectivity index (χ2n) is 8.02. The number of methoxy groups -OCH3 is 1. The van der Waals surface area contributed by atoms with E-state index in [0.717, 1.165) is 103 Å². The summed E-state index contributed by atoms with van der Waals surface area (Å²) >= 11 is 0. The maximum atomic E-state index is 5.99. The van der Waals surface area contributed by atoms with Gasteiger partial charge in [0.1, 0.15) is 0 Å². The Morgan fingerprint density at radius 1 is 1.09 bits per heavy atom. The quantitative estimate of drug-likeness (QED) is 0.200. The van der Waals surface area contributed by atoms with Crippen LogP contribution in [0.2, 0.25) is 0 Å². The molecule has 0 aromatic carbocycles. The van der Waals surface area contributed by atoms with Gasteiger partial charge in [0.2, 0.25) is 5.95 Å². The van der Waals surface area contributed by atoms with Crippen molar-refractivity contribution < 1.29 is 9.47 Å². The number of nitrogens with zero attached hydrogens (tertiary/aromatic N) is 6. The Morgan fingerprint density at radius 2 is 1.81 bits per heavy atom. The summed E-state index contributed by atoms with van der Waals surface area (Å²) in [6.07, 6.45) is 7.06. The lowest BCUT2D eigenvalue weighted by Gasteiger charge is -2.35. The molecular formula is C22H40IN7O2. The zero-order valence-corrected chi connectivity index (χ0v) is 21.9. The monoisotopic (exact) mass is 561 g/mol. The number of piperidine rings is 1. The molecule has 0 atom stereocenters. The summed E-state index contributed by atoms with van der Waals surface area (Å²) in [7, 11) is 1.74. The van der Waals surface area contributed by atoms with Crippen LogP contribution in [0, 0.1) is 0 Å². The number of aliphatic imine (C=N–C) groups is 1. The molecule has 0 bridgehead atoms. The van der Waals surface area contributed by atoms with Crippen molar-refractivity contribution >= 4 is 35.9 Å². The predicted molar refractivity (Wildman–Crippen MR) is 139 cm³/mol. The summed E-state index contributed by atoms with van der Waals surface area (Å²) in [4.78, 5) is 20.7. The Morgan fingerprint density at radius 3 is 2.47 bits per heavy atom. The molecule has 2 fully saturated rings. The molecular weight excluding hydrogens is 521 g/mol. The summed E-state index contributed by atoms with van der Waals surface area (Å²) in [6.45, 7) is 12.3. The van der Waals surface area contributed by atoms with Crippen LogP contribution in [0.15, 0.2) is 23.5 Å². The Bertz CT molecular complexity index is 636. The topological polar surface area (TPSA) is 78.4 Å². The van der Waals surface area contributed by atoms with E-state index in [1.54, 1.807) is 7.11 Å². The molecule has 2 saturated heterocycles. The minimum atomic E-state index is 0. The molecule has 2 aliphatic heterocycles. The highest BCUT2D eigenvalue weighted by molar-refractivity contribution is 14.0. The molecule has 0 saturated carbocycles. The number of piperazine rings is 1. The maximum absolute atomic E-state index is 5.99. The molecule has 1 aromatic rings. The Kier molecular flexibility index (Phi) is 13.1. The Labute approximate surface area is 210 Å². The minimum absolute atomic E-state index is 0. The largest absolute Gasteiger partial charge is 0.385 e. The molecule has 32 heavy (non-hydrogen) atoms. The van der Waals surface area contributed by atoms with Gasteiger partial charge in [0.25, 0.3) is 0 Å². The first kappa shape index (κ1) is 27.0. The average molecular weight is 562 g/mol. The lowest BCUT2D eigenvalue weighted by Crippen LogP contribution is -2.48. The molecule has 3 heterocycles. The van der Waals surface area contributed by atoms with Gasteiger partial charge in [0.15, 0.2) is 5.96 Å². The molecule has 182 valence electrons. The molecule has 0 spiro atoms. The highest BCUT2D eigenvalue weighted by Crippen LogP contribution is 2.14. The molecule has 1 aromatic heterocycles. The van der Waals surface area contributed by atoms with E-state index in [0.29, 0.717) is 6.10 Å². The van der Waals surface area contributed by atoms with Crippen molar-refractivity contribution in [3.05, 3.63) is 18.5 Å². The summed E-state index contributed by atoms with van der Waals surface area (Å²) < 4.78 is 11.1. The molecule has 10 heteroatoms. The van der Waals surface area contributed by atoms with Crippen LogP contribution in [-0.2, 0) is 9.47 Å². The SMILES string of the molecule is CCNC(=NCCN1CCN(c2ncccn2)CC1)N1CCC(OCCCOC)CC1.I. The van der Waals surface area contributed by atoms with Gasteiger partial charge in [-0.2, -0.15) is 0 Å². The van der Waals surface area contributed by atoms with Gasteiger partial charge in [0.05, 0.1) is 12.6 Å². The minimum Gasteiger partial charge on any atom is -0.385 e. The fourth-order valence-corrected chi connectivity index (χ4v) is 4.04. The number of anilines is 1. The first-order chi connectivity index (χ1) is 15.3. The third-order valence-corrected chi connectivity index (χ3v) is 5.81. The first-order valence-corrected chi connectivity index (χ1v) is 11.7. The zero-order valence-electron chi connectivity index (χ0n) is 19.6. The molecule has 2 aliphatic rings. The number of guanidine groups is 1. The van der Waals surface area contributed by atoms with Crippen LogP contribution < -0.4 is 10.2 Å². The van der Waals surface area contributed by atoms with E-state index in [1.165, 1.54) is 0 Å². The Hall–Kier alpha value is -1.24. The van der Waals surface area contributed by atoms with E-state index < -0.39 is 0 Å². The van der Waals surface area contributed by atoms with Crippen LogP contribution >= 0.6 is 24.0 Å². The summed E-state index contributed by atoms with van der Waals surface area (Å²) in [5.74, 6) is 1.87. The number of aromatic nitrogens is 2. The fourth-order valence-electron chi connectivity index (χ4n) is 4.04. The van der Waals surface area contributed by atoms with E-state index in [4.69, 9.17) is 14.5 Å². The van der Waals surface area contributed by atoms with Crippen molar-refractivity contribution in [1.29, 1.82) is 0 Å². The van der Waals surface area contributed by atoms with Crippen LogP contribution in [0.25, 0.3) is 0 Å². The normalized spacial score (nSPS) is 18.5. The smallest absolute Gasteiger partial charge is 0.225 e. The van der Waals surface area contributed by atoms with Crippen LogP contribution in [0.5, 0.6) is 0 Å². The van der Waals surface area contributed by atoms with Crippen LogP contribution in [0.3, 0.4) is 0 Å². The number of nitrogens with one attached hydrogen (secondary N) is 1. The van der Waals surface area contributed by atoms with Crippen molar-refractivity contribution in [2.45, 2.75) is 32.3 Å². The third-order valence-electron chi connectivity index (χ3n) is 5.81. The van der Waals surface area contributed by atoms with Gasteiger partial charge in [-0.1, -0.05) is 0 Å². The van der Waals surface area contributed by atoms with E-state index in [2.05, 4.69) is 36.9 Å². The van der Waals surface area contributed by atoms with Crippen molar-refractivity contribution in [3.8, 4) is 0 Å². The second kappa shape index (κ2) is 15.6. The molecule has 3 rings (SSSR count). The number of ether oxygens (including phenoxy) is 2. The highest BCUT2D eigenvalue weighted by Gasteiger charge is 2.22. The molecule has 0 unspecified atom stereocenters. The van der Waals surface area contributed by atoms with Gasteiger partial charge in [-0.15, -0.1) is 24.0 Å². The van der Waals surface area contributed by atoms with Crippen molar-refractivity contribution in [1.82, 2.24) is 25.1 Å². The molecule has 9 nitrogen and oxygen atoms in total. The highest BCUT2D eigenvalue weighted by atomic mass is 127. The molecule has 0 radical (unpaired) electrons. The number of hydrogen-bond acceptors (Lipinski definition) is 7. The number of hydrogen-bond donors (Lipinski definition) is 1. The van der Waals surface area contributed by atoms with Gasteiger partial charge in [-0.05, 0) is 32.3 Å². The summed E-state index contributed by atoms with van der Waals surface area (Å²) in [5.41, 5.74) is 0. The number of halogens is 1. The predicted octanol–water partition coefficient (Wildman–Crippen LogP) is 1.70. The average Bonchev–Trinajstić information content (AvgIpc) is 2.83. The molecule has 1 N–H and O–H groups in total. The van der Waals surface area contributed by atoms with Crippen LogP contribution in [-0.4, -0.2) is 111 Å². The first-order valence-electron chi connectivity index (χ1n) is 11.7. The van der Waals surface area contributed by atoms with E-state index in [-0.39, 0.29) is 24.0 Å². The van der Waals surface area contributed by atoms with E-state index in [9.17, 15) is 0 Å². The van der Waals surface area contributed by atoms with Gasteiger partial charge in [-0.3, -0.25) is 9.89 Å². The summed E-state index contributed by atoms with van der Waals surface area (Å²) in [5, 5.41) is 3.47. The lowest BCUT2D eigenvalue weighted by molar-refractivity contribution is 0.00990. The van der Waals surface area contributed by atoms with E-state index >= 15 is 0 Å². The van der Waals surface area contributed by atoms with Crippen molar-refractivity contribution in [2.24, 2.45) is 4.99 Å². The fraction of sp³-hybridized carbons (Fsp3) is 0.773. The zero-order chi connectivity index (χ0) is 21.7. The van der Waals surface area contributed by atoms with Gasteiger partial charge in [-0.25, -0.2) is 9.97 Å². The third kappa shape index (κ3) is 8.95. The molecule has 0 aliphatic carbocycles. The van der Waals surface area contributed by atoms with E-state index in [1.807, 2.05) is 18.5 Å². The summed E-state index contributed by atoms with van der Waals surface area (Å²) in [6, 6.07) is 1.86. The standard InChI is InChI=1S/C22H39N7O2.HI/c1-3-23-21(28-11-6-20(7-12-28)31-19-5-18-30-2)26-10-13-27-14-16-29(17-15-27)22-24-8-4-9-25-22;/h4,8-9,20H,3,5-7,10-19H2,1-2H3,(H,23,26);1H. The van der Waals surface area contributed by atoms with Crippen molar-refractivity contribution in [3.63, 3.8) is 0 Å². The Balaban J connectivity index is 0.00000363. The van der Waals surface area contributed by atoms with Gasteiger partial charge >= 0.3 is 0 Å². The second-order valence-corrected chi connectivity index (χ2v) is 8.02. The van der Waals surface area contributed by atoms with Gasteiger partial charge < -0.3 is 24.6 Å². The molecule has 0 amide bonds. The van der Waals surface area contributed by atoms with Crippen LogP contribution in [0.4, 0.5) is 5.95 Å². The lowest BCUT2D eigenvalue weighted by atomic mass is 10.1. The number of rotatable bonds is 10.